The number of hydrogen-bond acceptors (Lipinski definition) is 5. The highest BCUT2D eigenvalue weighted by Crippen LogP contribution is 2.30. The van der Waals surface area contributed by atoms with E-state index in [-0.39, 0.29) is 28.4 Å². The van der Waals surface area contributed by atoms with Crippen molar-refractivity contribution in [3.63, 3.8) is 0 Å². The maximum Gasteiger partial charge on any atom is 0.262 e. The van der Waals surface area contributed by atoms with E-state index in [2.05, 4.69) is 5.32 Å². The van der Waals surface area contributed by atoms with Gasteiger partial charge in [0.25, 0.3) is 5.91 Å². The first-order valence-electron chi connectivity index (χ1n) is 8.03. The zero-order valence-electron chi connectivity index (χ0n) is 15.2. The van der Waals surface area contributed by atoms with Crippen LogP contribution in [0.3, 0.4) is 0 Å². The molecule has 140 valence electrons. The van der Waals surface area contributed by atoms with Crippen LogP contribution in [0.1, 0.15) is 26.3 Å². The molecule has 0 spiro atoms. The maximum atomic E-state index is 12.1. The Morgan fingerprint density at radius 1 is 1.15 bits per heavy atom. The molecule has 2 aromatic rings. The first kappa shape index (κ1) is 19.8. The van der Waals surface area contributed by atoms with Crippen LogP contribution in [0.4, 0.5) is 5.69 Å². The van der Waals surface area contributed by atoms with Gasteiger partial charge >= 0.3 is 0 Å². The summed E-state index contributed by atoms with van der Waals surface area (Å²) in [5, 5.41) is 12.5. The van der Waals surface area contributed by atoms with Gasteiger partial charge in [-0.15, -0.1) is 0 Å². The van der Waals surface area contributed by atoms with Gasteiger partial charge in [0.1, 0.15) is 11.5 Å². The number of rotatable bonds is 5. The fourth-order valence-corrected chi connectivity index (χ4v) is 2.89. The second kappa shape index (κ2) is 7.37. The van der Waals surface area contributed by atoms with Crippen molar-refractivity contribution in [3.8, 4) is 11.5 Å². The number of sulfone groups is 1. The van der Waals surface area contributed by atoms with Crippen molar-refractivity contribution in [1.29, 1.82) is 0 Å². The van der Waals surface area contributed by atoms with Gasteiger partial charge in [-0.25, -0.2) is 8.42 Å². The predicted octanol–water partition coefficient (Wildman–Crippen LogP) is 3.11. The molecular weight excluding hydrogens is 354 g/mol. The summed E-state index contributed by atoms with van der Waals surface area (Å²) >= 11 is 0. The minimum atomic E-state index is -3.35. The summed E-state index contributed by atoms with van der Waals surface area (Å²) < 4.78 is 28.5. The average molecular weight is 377 g/mol. The average Bonchev–Trinajstić information content (AvgIpc) is 2.53. The van der Waals surface area contributed by atoms with E-state index in [1.54, 1.807) is 24.3 Å². The van der Waals surface area contributed by atoms with Crippen molar-refractivity contribution in [3.05, 3.63) is 48.0 Å². The Balaban J connectivity index is 2.06. The van der Waals surface area contributed by atoms with E-state index >= 15 is 0 Å². The lowest BCUT2D eigenvalue weighted by Crippen LogP contribution is -2.21. The van der Waals surface area contributed by atoms with Crippen LogP contribution in [0.25, 0.3) is 0 Å². The van der Waals surface area contributed by atoms with E-state index in [1.165, 1.54) is 18.2 Å². The van der Waals surface area contributed by atoms with E-state index in [1.807, 2.05) is 20.8 Å². The molecule has 2 N–H and O–H groups in total. The third kappa shape index (κ3) is 5.23. The van der Waals surface area contributed by atoms with Gasteiger partial charge in [-0.05, 0) is 41.3 Å². The summed E-state index contributed by atoms with van der Waals surface area (Å²) in [5.41, 5.74) is 1.14. The molecule has 0 atom stereocenters. The van der Waals surface area contributed by atoms with Gasteiger partial charge in [-0.3, -0.25) is 4.79 Å². The molecule has 0 aromatic heterocycles. The topological polar surface area (TPSA) is 92.7 Å². The minimum Gasteiger partial charge on any atom is -0.506 e. The van der Waals surface area contributed by atoms with Crippen LogP contribution in [0, 0.1) is 0 Å². The van der Waals surface area contributed by atoms with Crippen LogP contribution in [-0.2, 0) is 20.0 Å². The summed E-state index contributed by atoms with van der Waals surface area (Å²) in [6.07, 6.45) is 1.10. The van der Waals surface area contributed by atoms with Crippen LogP contribution in [-0.4, -0.2) is 32.3 Å². The fourth-order valence-electron chi connectivity index (χ4n) is 2.23. The second-order valence-corrected chi connectivity index (χ2v) is 9.08. The van der Waals surface area contributed by atoms with Crippen LogP contribution in [0.2, 0.25) is 0 Å². The number of benzene rings is 2. The molecule has 0 saturated heterocycles. The van der Waals surface area contributed by atoms with Gasteiger partial charge in [-0.2, -0.15) is 0 Å². The van der Waals surface area contributed by atoms with E-state index < -0.39 is 15.7 Å². The third-order valence-electron chi connectivity index (χ3n) is 3.74. The van der Waals surface area contributed by atoms with Gasteiger partial charge in [-0.1, -0.05) is 32.9 Å². The molecule has 0 radical (unpaired) electrons. The SMILES string of the molecule is CC(C)(C)c1ccc(O)c(NC(=O)COc2cccc(S(C)(=O)=O)c2)c1. The number of aromatic hydroxyl groups is 1. The molecule has 6 nitrogen and oxygen atoms in total. The van der Waals surface area contributed by atoms with Crippen molar-refractivity contribution >= 4 is 21.4 Å². The summed E-state index contributed by atoms with van der Waals surface area (Å²) in [4.78, 5) is 12.2. The van der Waals surface area contributed by atoms with Crippen LogP contribution in [0.15, 0.2) is 47.4 Å². The molecule has 2 aromatic carbocycles. The number of phenolic OH excluding ortho intramolecular Hbond substituents is 1. The second-order valence-electron chi connectivity index (χ2n) is 7.07. The summed E-state index contributed by atoms with van der Waals surface area (Å²) in [7, 11) is -3.35. The van der Waals surface area contributed by atoms with E-state index in [9.17, 15) is 18.3 Å². The molecule has 0 saturated carbocycles. The van der Waals surface area contributed by atoms with Crippen LogP contribution < -0.4 is 10.1 Å². The highest BCUT2D eigenvalue weighted by molar-refractivity contribution is 7.90. The first-order chi connectivity index (χ1) is 12.0. The number of nitrogens with one attached hydrogen (secondary N) is 1. The van der Waals surface area contributed by atoms with Gasteiger partial charge in [0.15, 0.2) is 16.4 Å². The number of anilines is 1. The number of phenols is 1. The monoisotopic (exact) mass is 377 g/mol. The number of amides is 1. The Morgan fingerprint density at radius 2 is 1.85 bits per heavy atom. The number of hydrogen-bond donors (Lipinski definition) is 2. The molecule has 0 aliphatic rings. The zero-order valence-corrected chi connectivity index (χ0v) is 16.1. The number of carbonyl (C=O) groups is 1. The van der Waals surface area contributed by atoms with Gasteiger partial charge in [0.05, 0.1) is 10.6 Å². The van der Waals surface area contributed by atoms with Crippen molar-refractivity contribution < 1.29 is 23.1 Å². The van der Waals surface area contributed by atoms with E-state index in [0.29, 0.717) is 5.69 Å². The lowest BCUT2D eigenvalue weighted by molar-refractivity contribution is -0.118. The number of ether oxygens (including phenoxy) is 1. The Morgan fingerprint density at radius 3 is 2.46 bits per heavy atom. The van der Waals surface area contributed by atoms with Crippen LogP contribution >= 0.6 is 0 Å². The van der Waals surface area contributed by atoms with Gasteiger partial charge in [0.2, 0.25) is 0 Å². The first-order valence-corrected chi connectivity index (χ1v) is 9.92. The molecule has 26 heavy (non-hydrogen) atoms. The van der Waals surface area contributed by atoms with E-state index in [4.69, 9.17) is 4.74 Å². The van der Waals surface area contributed by atoms with Crippen molar-refractivity contribution in [2.45, 2.75) is 31.1 Å². The fraction of sp³-hybridized carbons (Fsp3) is 0.316. The Bertz CT molecular complexity index is 914. The molecule has 0 bridgehead atoms. The highest BCUT2D eigenvalue weighted by atomic mass is 32.2. The molecule has 1 amide bonds. The molecule has 0 heterocycles. The molecule has 0 unspecified atom stereocenters. The van der Waals surface area contributed by atoms with Gasteiger partial charge < -0.3 is 15.2 Å². The van der Waals surface area contributed by atoms with Crippen molar-refractivity contribution in [1.82, 2.24) is 0 Å². The minimum absolute atomic E-state index is 0.0366. The molecular formula is C19H23NO5S. The predicted molar refractivity (Wildman–Crippen MR) is 100 cm³/mol. The smallest absolute Gasteiger partial charge is 0.262 e. The summed E-state index contributed by atoms with van der Waals surface area (Å²) in [6.45, 7) is 5.78. The van der Waals surface area contributed by atoms with Crippen molar-refractivity contribution in [2.24, 2.45) is 0 Å². The highest BCUT2D eigenvalue weighted by Gasteiger charge is 2.16. The quantitative estimate of drug-likeness (QED) is 0.781. The summed E-state index contributed by atoms with van der Waals surface area (Å²) in [6, 6.07) is 11.0. The molecule has 2 rings (SSSR count). The normalized spacial score (nSPS) is 11.8. The standard InChI is InChI=1S/C19H23NO5S/c1-19(2,3)13-8-9-17(21)16(10-13)20-18(22)12-25-14-6-5-7-15(11-14)26(4,23)24/h5-11,21H,12H2,1-4H3,(H,20,22). The summed E-state index contributed by atoms with van der Waals surface area (Å²) in [5.74, 6) is -0.225. The maximum absolute atomic E-state index is 12.1. The lowest BCUT2D eigenvalue weighted by Gasteiger charge is -2.20. The Hall–Kier alpha value is -2.54. The van der Waals surface area contributed by atoms with E-state index in [0.717, 1.165) is 11.8 Å². The third-order valence-corrected chi connectivity index (χ3v) is 4.85. The van der Waals surface area contributed by atoms with Gasteiger partial charge in [0, 0.05) is 6.26 Å². The lowest BCUT2D eigenvalue weighted by atomic mass is 9.87. The molecule has 0 aliphatic carbocycles. The van der Waals surface area contributed by atoms with Crippen molar-refractivity contribution in [2.75, 3.05) is 18.2 Å². The Labute approximate surface area is 153 Å². The molecule has 0 aliphatic heterocycles. The van der Waals surface area contributed by atoms with Crippen LogP contribution in [0.5, 0.6) is 11.5 Å². The zero-order chi connectivity index (χ0) is 19.5. The largest absolute Gasteiger partial charge is 0.506 e. The molecule has 7 heteroatoms. The Kier molecular flexibility index (Phi) is 5.61. The molecule has 0 fully saturated rings. The number of carbonyl (C=O) groups excluding carboxylic acids is 1.